The quantitative estimate of drug-likeness (QED) is 0.678. The molecule has 0 fully saturated rings. The van der Waals surface area contributed by atoms with E-state index in [1.54, 1.807) is 36.5 Å². The van der Waals surface area contributed by atoms with Gasteiger partial charge in [-0.05, 0) is 30.3 Å². The number of benzene rings is 1. The molecule has 0 aliphatic carbocycles. The van der Waals surface area contributed by atoms with E-state index in [1.807, 2.05) is 0 Å². The molecule has 0 N–H and O–H groups in total. The molecular weight excluding hydrogens is 313 g/mol. The highest BCUT2D eigenvalue weighted by Crippen LogP contribution is 2.28. The van der Waals surface area contributed by atoms with Crippen molar-refractivity contribution < 1.29 is 9.53 Å². The summed E-state index contributed by atoms with van der Waals surface area (Å²) < 4.78 is 6.17. The zero-order valence-electron chi connectivity index (χ0n) is 10.9. The van der Waals surface area contributed by atoms with E-state index in [0.29, 0.717) is 32.6 Å². The van der Waals surface area contributed by atoms with Crippen molar-refractivity contribution >= 4 is 34.8 Å². The van der Waals surface area contributed by atoms with Crippen LogP contribution in [0.25, 0.3) is 17.0 Å². The largest absolute Gasteiger partial charge is 0.465 e. The summed E-state index contributed by atoms with van der Waals surface area (Å²) >= 11 is 12.1. The number of rotatable bonds is 2. The second kappa shape index (κ2) is 5.35. The number of halogens is 2. The summed E-state index contributed by atoms with van der Waals surface area (Å²) in [5, 5.41) is 5.37. The lowest BCUT2D eigenvalue weighted by Crippen LogP contribution is -2.03. The first-order valence-corrected chi connectivity index (χ1v) is 6.74. The van der Waals surface area contributed by atoms with E-state index in [-0.39, 0.29) is 0 Å². The molecule has 21 heavy (non-hydrogen) atoms. The number of carbonyl (C=O) groups is 1. The van der Waals surface area contributed by atoms with Crippen molar-refractivity contribution in [1.82, 2.24) is 14.6 Å². The van der Waals surface area contributed by atoms with Gasteiger partial charge in [-0.1, -0.05) is 23.2 Å². The molecule has 3 aromatic rings. The minimum atomic E-state index is -0.435. The van der Waals surface area contributed by atoms with Crippen LogP contribution in [0.4, 0.5) is 0 Å². The number of methoxy groups -OCH3 is 1. The topological polar surface area (TPSA) is 56.5 Å². The van der Waals surface area contributed by atoms with Gasteiger partial charge in [0.2, 0.25) is 0 Å². The van der Waals surface area contributed by atoms with Gasteiger partial charge in [0, 0.05) is 16.8 Å². The summed E-state index contributed by atoms with van der Waals surface area (Å²) in [5.41, 5.74) is 1.61. The number of nitrogens with zero attached hydrogens (tertiary/aromatic N) is 3. The van der Waals surface area contributed by atoms with E-state index in [0.717, 1.165) is 0 Å². The number of esters is 1. The van der Waals surface area contributed by atoms with Crippen molar-refractivity contribution in [2.75, 3.05) is 7.11 Å². The molecule has 0 spiro atoms. The fourth-order valence-corrected chi connectivity index (χ4v) is 2.28. The molecule has 0 saturated carbocycles. The van der Waals surface area contributed by atoms with Gasteiger partial charge in [0.15, 0.2) is 11.5 Å². The van der Waals surface area contributed by atoms with Gasteiger partial charge in [-0.25, -0.2) is 14.3 Å². The molecule has 0 saturated heterocycles. The van der Waals surface area contributed by atoms with E-state index in [1.165, 1.54) is 11.6 Å². The molecule has 2 heterocycles. The first-order valence-electron chi connectivity index (χ1n) is 5.98. The van der Waals surface area contributed by atoms with Gasteiger partial charge in [-0.3, -0.25) is 0 Å². The summed E-state index contributed by atoms with van der Waals surface area (Å²) in [6, 6.07) is 8.38. The van der Waals surface area contributed by atoms with Gasteiger partial charge < -0.3 is 4.74 Å². The third kappa shape index (κ3) is 2.57. The molecule has 0 bridgehead atoms. The van der Waals surface area contributed by atoms with Crippen LogP contribution >= 0.6 is 23.2 Å². The molecule has 2 aromatic heterocycles. The van der Waals surface area contributed by atoms with Gasteiger partial charge >= 0.3 is 5.97 Å². The Morgan fingerprint density at radius 2 is 2.05 bits per heavy atom. The van der Waals surface area contributed by atoms with Crippen LogP contribution in [0, 0.1) is 0 Å². The molecule has 0 radical (unpaired) electrons. The molecule has 7 heteroatoms. The predicted octanol–water partition coefficient (Wildman–Crippen LogP) is 3.49. The molecule has 0 unspecified atom stereocenters. The summed E-state index contributed by atoms with van der Waals surface area (Å²) in [6.45, 7) is 0. The Hall–Kier alpha value is -2.11. The van der Waals surface area contributed by atoms with Crippen molar-refractivity contribution in [3.8, 4) is 11.4 Å². The Kier molecular flexibility index (Phi) is 3.53. The third-order valence-corrected chi connectivity index (χ3v) is 3.49. The molecule has 0 aliphatic heterocycles. The van der Waals surface area contributed by atoms with Crippen molar-refractivity contribution in [3.63, 3.8) is 0 Å². The number of ether oxygens (including phenoxy) is 1. The summed E-state index contributed by atoms with van der Waals surface area (Å²) in [5.74, 6) is -0.000691. The third-order valence-electron chi connectivity index (χ3n) is 2.92. The second-order valence-corrected chi connectivity index (χ2v) is 5.12. The van der Waals surface area contributed by atoms with Gasteiger partial charge in [0.25, 0.3) is 0 Å². The number of fused-ring (bicyclic) bond motifs is 1. The molecule has 106 valence electrons. The van der Waals surface area contributed by atoms with Gasteiger partial charge in [-0.15, -0.1) is 5.10 Å². The minimum absolute atomic E-state index is 0.388. The zero-order valence-corrected chi connectivity index (χ0v) is 12.4. The fourth-order valence-electron chi connectivity index (χ4n) is 1.90. The van der Waals surface area contributed by atoms with E-state index < -0.39 is 5.97 Å². The van der Waals surface area contributed by atoms with E-state index in [9.17, 15) is 4.79 Å². The molecule has 0 amide bonds. The van der Waals surface area contributed by atoms with E-state index in [4.69, 9.17) is 23.2 Å². The summed E-state index contributed by atoms with van der Waals surface area (Å²) in [7, 11) is 1.32. The van der Waals surface area contributed by atoms with Crippen LogP contribution in [0.2, 0.25) is 10.0 Å². The van der Waals surface area contributed by atoms with Crippen molar-refractivity contribution in [1.29, 1.82) is 0 Å². The van der Waals surface area contributed by atoms with Crippen LogP contribution in [0.1, 0.15) is 10.4 Å². The van der Waals surface area contributed by atoms with E-state index in [2.05, 4.69) is 14.8 Å². The van der Waals surface area contributed by atoms with Crippen LogP contribution in [-0.2, 0) is 4.74 Å². The van der Waals surface area contributed by atoms with Crippen molar-refractivity contribution in [2.24, 2.45) is 0 Å². The number of pyridine rings is 1. The molecular formula is C14H9Cl2N3O2. The first-order chi connectivity index (χ1) is 10.1. The van der Waals surface area contributed by atoms with Crippen LogP contribution in [0.5, 0.6) is 0 Å². The maximum atomic E-state index is 11.5. The Morgan fingerprint density at radius 1 is 1.24 bits per heavy atom. The lowest BCUT2D eigenvalue weighted by Gasteiger charge is -1.99. The lowest BCUT2D eigenvalue weighted by molar-refractivity contribution is 0.0600. The minimum Gasteiger partial charge on any atom is -0.465 e. The Morgan fingerprint density at radius 3 is 2.81 bits per heavy atom. The van der Waals surface area contributed by atoms with Crippen LogP contribution in [0.15, 0.2) is 36.5 Å². The smallest absolute Gasteiger partial charge is 0.339 e. The molecule has 5 nitrogen and oxygen atoms in total. The van der Waals surface area contributed by atoms with Gasteiger partial charge in [0.05, 0.1) is 17.7 Å². The first kappa shape index (κ1) is 13.9. The second-order valence-electron chi connectivity index (χ2n) is 4.27. The number of aromatic nitrogens is 3. The van der Waals surface area contributed by atoms with Crippen LogP contribution in [0.3, 0.4) is 0 Å². The van der Waals surface area contributed by atoms with Crippen LogP contribution in [-0.4, -0.2) is 27.7 Å². The summed E-state index contributed by atoms with van der Waals surface area (Å²) in [4.78, 5) is 15.9. The monoisotopic (exact) mass is 321 g/mol. The standard InChI is InChI=1S/C14H9Cl2N3O2/c1-21-14(20)8-2-5-12-17-13(18-19(12)7-8)10-6-9(15)3-4-11(10)16/h2-7H,1H3. The SMILES string of the molecule is COC(=O)c1ccc2nc(-c3cc(Cl)ccc3Cl)nn2c1. The number of hydrogen-bond donors (Lipinski definition) is 0. The van der Waals surface area contributed by atoms with Crippen molar-refractivity contribution in [2.45, 2.75) is 0 Å². The Balaban J connectivity index is 2.13. The fraction of sp³-hybridized carbons (Fsp3) is 0.0714. The molecule has 0 atom stereocenters. The summed E-state index contributed by atoms with van der Waals surface area (Å²) in [6.07, 6.45) is 1.55. The highest BCUT2D eigenvalue weighted by Gasteiger charge is 2.13. The highest BCUT2D eigenvalue weighted by molar-refractivity contribution is 6.35. The number of hydrogen-bond acceptors (Lipinski definition) is 4. The van der Waals surface area contributed by atoms with Crippen LogP contribution < -0.4 is 0 Å². The average molecular weight is 322 g/mol. The predicted molar refractivity (Wildman–Crippen MR) is 79.8 cm³/mol. The average Bonchev–Trinajstić information content (AvgIpc) is 2.91. The normalized spacial score (nSPS) is 10.8. The maximum Gasteiger partial charge on any atom is 0.339 e. The maximum absolute atomic E-state index is 11.5. The van der Waals surface area contributed by atoms with E-state index >= 15 is 0 Å². The number of carbonyl (C=O) groups excluding carboxylic acids is 1. The Bertz CT molecular complexity index is 845. The molecule has 0 aliphatic rings. The zero-order chi connectivity index (χ0) is 15.0. The molecule has 1 aromatic carbocycles. The highest BCUT2D eigenvalue weighted by atomic mass is 35.5. The Labute approximate surface area is 130 Å². The van der Waals surface area contributed by atoms with Crippen molar-refractivity contribution in [3.05, 3.63) is 52.1 Å². The van der Waals surface area contributed by atoms with Gasteiger partial charge in [-0.2, -0.15) is 0 Å². The van der Waals surface area contributed by atoms with Gasteiger partial charge in [0.1, 0.15) is 0 Å². The lowest BCUT2D eigenvalue weighted by atomic mass is 10.2. The molecule has 3 rings (SSSR count).